The summed E-state index contributed by atoms with van der Waals surface area (Å²) in [5.74, 6) is 2.47. The summed E-state index contributed by atoms with van der Waals surface area (Å²) < 4.78 is 0. The van der Waals surface area contributed by atoms with Gasteiger partial charge in [0.15, 0.2) is 0 Å². The lowest BCUT2D eigenvalue weighted by molar-refractivity contribution is 0.245. The summed E-state index contributed by atoms with van der Waals surface area (Å²) in [5.41, 5.74) is 6.05. The average molecular weight is 408 g/mol. The number of nitrogens with zero attached hydrogens (tertiary/aromatic N) is 1. The van der Waals surface area contributed by atoms with Crippen molar-refractivity contribution in [2.24, 2.45) is 11.8 Å². The fourth-order valence-electron chi connectivity index (χ4n) is 5.15. The lowest BCUT2D eigenvalue weighted by Crippen LogP contribution is -2.16. The van der Waals surface area contributed by atoms with Crippen LogP contribution in [0.1, 0.15) is 68.1 Å². The van der Waals surface area contributed by atoms with Crippen molar-refractivity contribution in [1.82, 2.24) is 0 Å². The van der Waals surface area contributed by atoms with E-state index < -0.39 is 0 Å². The second-order valence-corrected chi connectivity index (χ2v) is 9.36. The van der Waals surface area contributed by atoms with E-state index in [0.717, 1.165) is 11.8 Å². The summed E-state index contributed by atoms with van der Waals surface area (Å²) in [4.78, 5) is 0. The maximum Gasteiger partial charge on any atom is 0.0991 e. The van der Waals surface area contributed by atoms with Crippen molar-refractivity contribution < 1.29 is 0 Å². The Kier molecular flexibility index (Phi) is 7.21. The molecule has 1 atom stereocenters. The van der Waals surface area contributed by atoms with Gasteiger partial charge in [-0.2, -0.15) is 5.26 Å². The van der Waals surface area contributed by atoms with Gasteiger partial charge in [-0.3, -0.25) is 0 Å². The van der Waals surface area contributed by atoms with E-state index in [1.54, 1.807) is 0 Å². The van der Waals surface area contributed by atoms with Crippen LogP contribution in [0.15, 0.2) is 78.9 Å². The molecule has 0 aromatic heterocycles. The van der Waals surface area contributed by atoms with Crippen LogP contribution in [0.2, 0.25) is 0 Å². The molecule has 3 aromatic rings. The van der Waals surface area contributed by atoms with Crippen LogP contribution in [-0.2, 0) is 6.42 Å². The first-order valence-corrected chi connectivity index (χ1v) is 11.9. The predicted octanol–water partition coefficient (Wildman–Crippen LogP) is 8.16. The standard InChI is InChI=1S/C30H33N/c1-23(28-5-3-2-4-6-28)21-26-11-9-24(10-12-26)7-8-25-13-17-29(18-14-25)30-19-15-27(22-31)16-20-30/h2-6,13-20,23-24,26H,7-12,21H2,1H3/t23-,24?,26?/m0/s1. The molecule has 158 valence electrons. The number of aryl methyl sites for hydroxylation is 1. The van der Waals surface area contributed by atoms with Gasteiger partial charge in [-0.1, -0.05) is 99.3 Å². The van der Waals surface area contributed by atoms with E-state index in [1.165, 1.54) is 67.2 Å². The molecule has 0 aliphatic heterocycles. The van der Waals surface area contributed by atoms with E-state index >= 15 is 0 Å². The monoisotopic (exact) mass is 407 g/mol. The minimum atomic E-state index is 0.678. The zero-order valence-electron chi connectivity index (χ0n) is 18.6. The fourth-order valence-corrected chi connectivity index (χ4v) is 5.15. The molecule has 1 nitrogen and oxygen atoms in total. The fraction of sp³-hybridized carbons (Fsp3) is 0.367. The SMILES string of the molecule is C[C@@H](CC1CCC(CCc2ccc(-c3ccc(C#N)cc3)cc2)CC1)c1ccccc1. The van der Waals surface area contributed by atoms with Crippen LogP contribution >= 0.6 is 0 Å². The zero-order valence-corrected chi connectivity index (χ0v) is 18.6. The van der Waals surface area contributed by atoms with E-state index in [-0.39, 0.29) is 0 Å². The van der Waals surface area contributed by atoms with Crippen LogP contribution in [0.3, 0.4) is 0 Å². The highest BCUT2D eigenvalue weighted by molar-refractivity contribution is 5.64. The second kappa shape index (κ2) is 10.5. The molecular formula is C30H33N. The van der Waals surface area contributed by atoms with Gasteiger partial charge in [0, 0.05) is 0 Å². The molecule has 0 N–H and O–H groups in total. The van der Waals surface area contributed by atoms with Gasteiger partial charge < -0.3 is 0 Å². The highest BCUT2D eigenvalue weighted by Gasteiger charge is 2.23. The molecule has 0 saturated heterocycles. The zero-order chi connectivity index (χ0) is 21.5. The van der Waals surface area contributed by atoms with Crippen molar-refractivity contribution >= 4 is 0 Å². The Morgan fingerprint density at radius 2 is 1.35 bits per heavy atom. The molecule has 0 spiro atoms. The number of hydrogen-bond acceptors (Lipinski definition) is 1. The second-order valence-electron chi connectivity index (χ2n) is 9.36. The Balaban J connectivity index is 1.22. The van der Waals surface area contributed by atoms with Crippen molar-refractivity contribution in [3.63, 3.8) is 0 Å². The normalized spacial score (nSPS) is 19.5. The molecule has 1 saturated carbocycles. The van der Waals surface area contributed by atoms with Crippen molar-refractivity contribution in [3.8, 4) is 17.2 Å². The first kappa shape index (κ1) is 21.4. The van der Waals surface area contributed by atoms with Crippen LogP contribution < -0.4 is 0 Å². The number of rotatable bonds is 7. The lowest BCUT2D eigenvalue weighted by Gasteiger charge is -2.30. The number of benzene rings is 3. The van der Waals surface area contributed by atoms with Crippen LogP contribution in [0, 0.1) is 23.2 Å². The molecule has 0 radical (unpaired) electrons. The van der Waals surface area contributed by atoms with Gasteiger partial charge >= 0.3 is 0 Å². The molecule has 1 heteroatoms. The third-order valence-electron chi connectivity index (χ3n) is 7.16. The predicted molar refractivity (Wildman–Crippen MR) is 130 cm³/mol. The quantitative estimate of drug-likeness (QED) is 0.387. The van der Waals surface area contributed by atoms with Crippen LogP contribution in [-0.4, -0.2) is 0 Å². The molecule has 0 bridgehead atoms. The Hall–Kier alpha value is -2.85. The third kappa shape index (κ3) is 5.86. The molecule has 0 heterocycles. The topological polar surface area (TPSA) is 23.8 Å². The number of nitriles is 1. The van der Waals surface area contributed by atoms with Crippen LogP contribution in [0.4, 0.5) is 0 Å². The van der Waals surface area contributed by atoms with Gasteiger partial charge in [0.25, 0.3) is 0 Å². The van der Waals surface area contributed by atoms with E-state index in [4.69, 9.17) is 5.26 Å². The van der Waals surface area contributed by atoms with Crippen LogP contribution in [0.5, 0.6) is 0 Å². The maximum atomic E-state index is 8.95. The molecule has 1 aliphatic rings. The van der Waals surface area contributed by atoms with E-state index in [9.17, 15) is 0 Å². The molecule has 31 heavy (non-hydrogen) atoms. The van der Waals surface area contributed by atoms with E-state index in [2.05, 4.69) is 67.6 Å². The highest BCUT2D eigenvalue weighted by Crippen LogP contribution is 2.37. The first-order chi connectivity index (χ1) is 15.2. The Morgan fingerprint density at radius 3 is 1.97 bits per heavy atom. The van der Waals surface area contributed by atoms with Crippen molar-refractivity contribution in [2.45, 2.75) is 57.8 Å². The maximum absolute atomic E-state index is 8.95. The minimum absolute atomic E-state index is 0.678. The van der Waals surface area contributed by atoms with Crippen molar-refractivity contribution in [2.75, 3.05) is 0 Å². The summed E-state index contributed by atoms with van der Waals surface area (Å²) >= 11 is 0. The molecular weight excluding hydrogens is 374 g/mol. The molecule has 3 aromatic carbocycles. The molecule has 4 rings (SSSR count). The van der Waals surface area contributed by atoms with Gasteiger partial charge in [0.05, 0.1) is 11.6 Å². The summed E-state index contributed by atoms with van der Waals surface area (Å²) in [6.45, 7) is 2.39. The third-order valence-corrected chi connectivity index (χ3v) is 7.16. The summed E-state index contributed by atoms with van der Waals surface area (Å²) in [5, 5.41) is 8.95. The van der Waals surface area contributed by atoms with Crippen LogP contribution in [0.25, 0.3) is 11.1 Å². The van der Waals surface area contributed by atoms with Crippen molar-refractivity contribution in [1.29, 1.82) is 5.26 Å². The minimum Gasteiger partial charge on any atom is -0.192 e. The van der Waals surface area contributed by atoms with Gasteiger partial charge in [-0.25, -0.2) is 0 Å². The molecule has 0 unspecified atom stereocenters. The largest absolute Gasteiger partial charge is 0.192 e. The molecule has 0 amide bonds. The Labute approximate surface area is 187 Å². The lowest BCUT2D eigenvalue weighted by atomic mass is 9.75. The summed E-state index contributed by atoms with van der Waals surface area (Å²) in [7, 11) is 0. The summed E-state index contributed by atoms with van der Waals surface area (Å²) in [6.07, 6.45) is 9.44. The number of hydrogen-bond donors (Lipinski definition) is 0. The first-order valence-electron chi connectivity index (χ1n) is 11.9. The van der Waals surface area contributed by atoms with Gasteiger partial charge in [-0.05, 0) is 71.4 Å². The molecule has 1 aliphatic carbocycles. The Morgan fingerprint density at radius 1 is 0.774 bits per heavy atom. The highest BCUT2D eigenvalue weighted by atomic mass is 14.3. The van der Waals surface area contributed by atoms with Gasteiger partial charge in [0.2, 0.25) is 0 Å². The van der Waals surface area contributed by atoms with Crippen molar-refractivity contribution in [3.05, 3.63) is 95.6 Å². The summed E-state index contributed by atoms with van der Waals surface area (Å²) in [6, 6.07) is 30.0. The van der Waals surface area contributed by atoms with Gasteiger partial charge in [-0.15, -0.1) is 0 Å². The average Bonchev–Trinajstić information content (AvgIpc) is 2.84. The van der Waals surface area contributed by atoms with Gasteiger partial charge in [0.1, 0.15) is 0 Å². The smallest absolute Gasteiger partial charge is 0.0991 e. The van der Waals surface area contributed by atoms with E-state index in [0.29, 0.717) is 11.5 Å². The van der Waals surface area contributed by atoms with E-state index in [1.807, 2.05) is 24.3 Å². The Bertz CT molecular complexity index is 971. The molecule has 1 fully saturated rings.